The highest BCUT2D eigenvalue weighted by atomic mass is 32.2. The predicted molar refractivity (Wildman–Crippen MR) is 112 cm³/mol. The van der Waals surface area contributed by atoms with Gasteiger partial charge in [0.15, 0.2) is 0 Å². The van der Waals surface area contributed by atoms with Gasteiger partial charge in [0.1, 0.15) is 12.3 Å². The first-order valence-electron chi connectivity index (χ1n) is 9.41. The Labute approximate surface area is 166 Å². The Morgan fingerprint density at radius 3 is 2.50 bits per heavy atom. The summed E-state index contributed by atoms with van der Waals surface area (Å²) in [6, 6.07) is 14.5. The minimum Gasteiger partial charge on any atom is -0.494 e. The summed E-state index contributed by atoms with van der Waals surface area (Å²) in [5.41, 5.74) is 2.41. The standard InChI is InChI=1S/C21H26N2O4S/c1-4-13-27-19-11-9-18(10-12-19)22(28(3,25)26)15-21(24)23-16(2)14-17-7-5-6-8-20(17)23/h5-12,16H,4,13-15H2,1-3H3. The van der Waals surface area contributed by atoms with Gasteiger partial charge in [0.25, 0.3) is 0 Å². The van der Waals surface area contributed by atoms with Crippen LogP contribution in [0, 0.1) is 0 Å². The highest BCUT2D eigenvalue weighted by molar-refractivity contribution is 7.92. The number of sulfonamides is 1. The molecule has 1 aliphatic heterocycles. The lowest BCUT2D eigenvalue weighted by Crippen LogP contribution is -2.45. The molecule has 0 fully saturated rings. The number of rotatable bonds is 7. The normalized spacial score (nSPS) is 16.0. The largest absolute Gasteiger partial charge is 0.494 e. The Balaban J connectivity index is 1.83. The van der Waals surface area contributed by atoms with Crippen molar-refractivity contribution in [2.75, 3.05) is 28.6 Å². The average molecular weight is 403 g/mol. The molecule has 28 heavy (non-hydrogen) atoms. The molecule has 0 radical (unpaired) electrons. The third-order valence-electron chi connectivity index (χ3n) is 4.75. The van der Waals surface area contributed by atoms with Gasteiger partial charge in [-0.25, -0.2) is 8.42 Å². The molecule has 0 saturated carbocycles. The van der Waals surface area contributed by atoms with Crippen molar-refractivity contribution in [2.45, 2.75) is 32.7 Å². The first-order chi connectivity index (χ1) is 13.3. The van der Waals surface area contributed by atoms with Gasteiger partial charge in [0.2, 0.25) is 15.9 Å². The molecule has 0 saturated heterocycles. The van der Waals surface area contributed by atoms with Crippen LogP contribution >= 0.6 is 0 Å². The molecule has 7 heteroatoms. The van der Waals surface area contributed by atoms with Crippen LogP contribution in [-0.2, 0) is 21.2 Å². The lowest BCUT2D eigenvalue weighted by Gasteiger charge is -2.28. The van der Waals surface area contributed by atoms with E-state index < -0.39 is 10.0 Å². The minimum absolute atomic E-state index is 0.00358. The predicted octanol–water partition coefficient (Wildman–Crippen LogP) is 3.22. The molecule has 1 aliphatic rings. The molecule has 0 aliphatic carbocycles. The fourth-order valence-corrected chi connectivity index (χ4v) is 4.32. The summed E-state index contributed by atoms with van der Waals surface area (Å²) in [5, 5.41) is 0. The molecule has 1 unspecified atom stereocenters. The van der Waals surface area contributed by atoms with Gasteiger partial charge in [-0.1, -0.05) is 25.1 Å². The Hall–Kier alpha value is -2.54. The number of anilines is 2. The van der Waals surface area contributed by atoms with Gasteiger partial charge in [-0.3, -0.25) is 9.10 Å². The zero-order valence-corrected chi connectivity index (χ0v) is 17.3. The van der Waals surface area contributed by atoms with Gasteiger partial charge < -0.3 is 9.64 Å². The molecular formula is C21H26N2O4S. The highest BCUT2D eigenvalue weighted by Gasteiger charge is 2.33. The van der Waals surface area contributed by atoms with Crippen LogP contribution in [0.25, 0.3) is 0 Å². The second kappa shape index (κ2) is 8.22. The number of hydrogen-bond donors (Lipinski definition) is 0. The number of fused-ring (bicyclic) bond motifs is 1. The van der Waals surface area contributed by atoms with E-state index in [4.69, 9.17) is 4.74 Å². The highest BCUT2D eigenvalue weighted by Crippen LogP contribution is 2.32. The van der Waals surface area contributed by atoms with Gasteiger partial charge >= 0.3 is 0 Å². The van der Waals surface area contributed by atoms with Gasteiger partial charge in [-0.05, 0) is 55.7 Å². The molecule has 150 valence electrons. The average Bonchev–Trinajstić information content (AvgIpc) is 2.99. The summed E-state index contributed by atoms with van der Waals surface area (Å²) < 4.78 is 31.5. The van der Waals surface area contributed by atoms with Crippen molar-refractivity contribution in [2.24, 2.45) is 0 Å². The molecule has 0 bridgehead atoms. The van der Waals surface area contributed by atoms with E-state index in [0.717, 1.165) is 34.7 Å². The minimum atomic E-state index is -3.62. The third-order valence-corrected chi connectivity index (χ3v) is 5.89. The quantitative estimate of drug-likeness (QED) is 0.713. The molecule has 0 N–H and O–H groups in total. The molecule has 2 aromatic rings. The number of carbonyl (C=O) groups excluding carboxylic acids is 1. The molecular weight excluding hydrogens is 376 g/mol. The Kier molecular flexibility index (Phi) is 5.93. The van der Waals surface area contributed by atoms with Gasteiger partial charge in [0.05, 0.1) is 18.6 Å². The van der Waals surface area contributed by atoms with E-state index in [1.165, 1.54) is 0 Å². The van der Waals surface area contributed by atoms with Crippen molar-refractivity contribution in [1.29, 1.82) is 0 Å². The molecule has 0 aromatic heterocycles. The van der Waals surface area contributed by atoms with E-state index >= 15 is 0 Å². The molecule has 1 amide bonds. The molecule has 0 spiro atoms. The van der Waals surface area contributed by atoms with E-state index in [1.807, 2.05) is 38.1 Å². The zero-order chi connectivity index (χ0) is 20.3. The summed E-state index contributed by atoms with van der Waals surface area (Å²) in [6.45, 7) is 4.35. The number of hydrogen-bond acceptors (Lipinski definition) is 4. The Bertz CT molecular complexity index is 941. The van der Waals surface area contributed by atoms with Crippen molar-refractivity contribution in [3.8, 4) is 5.75 Å². The van der Waals surface area contributed by atoms with E-state index in [9.17, 15) is 13.2 Å². The monoisotopic (exact) mass is 402 g/mol. The SMILES string of the molecule is CCCOc1ccc(N(CC(=O)N2c3ccccc3CC2C)S(C)(=O)=O)cc1. The van der Waals surface area contributed by atoms with Crippen LogP contribution in [0.3, 0.4) is 0 Å². The van der Waals surface area contributed by atoms with Crippen molar-refractivity contribution in [1.82, 2.24) is 0 Å². The zero-order valence-electron chi connectivity index (χ0n) is 16.5. The van der Waals surface area contributed by atoms with Crippen LogP contribution in [0.5, 0.6) is 5.75 Å². The maximum Gasteiger partial charge on any atom is 0.248 e. The molecule has 1 heterocycles. The van der Waals surface area contributed by atoms with Crippen LogP contribution in [0.4, 0.5) is 11.4 Å². The van der Waals surface area contributed by atoms with Crippen molar-refractivity contribution >= 4 is 27.3 Å². The number of benzene rings is 2. The number of amides is 1. The smallest absolute Gasteiger partial charge is 0.248 e. The van der Waals surface area contributed by atoms with E-state index in [2.05, 4.69) is 0 Å². The molecule has 6 nitrogen and oxygen atoms in total. The van der Waals surface area contributed by atoms with Gasteiger partial charge in [-0.15, -0.1) is 0 Å². The third kappa shape index (κ3) is 4.30. The fraction of sp³-hybridized carbons (Fsp3) is 0.381. The molecule has 1 atom stereocenters. The fourth-order valence-electron chi connectivity index (χ4n) is 3.47. The lowest BCUT2D eigenvalue weighted by atomic mass is 10.1. The van der Waals surface area contributed by atoms with Crippen molar-refractivity contribution < 1.29 is 17.9 Å². The first-order valence-corrected chi connectivity index (χ1v) is 11.3. The topological polar surface area (TPSA) is 66.9 Å². The van der Waals surface area contributed by atoms with Crippen LogP contribution in [0.15, 0.2) is 48.5 Å². The van der Waals surface area contributed by atoms with Crippen molar-refractivity contribution in [3.63, 3.8) is 0 Å². The van der Waals surface area contributed by atoms with E-state index in [-0.39, 0.29) is 18.5 Å². The summed E-state index contributed by atoms with van der Waals surface area (Å²) >= 11 is 0. The summed E-state index contributed by atoms with van der Waals surface area (Å²) in [5.74, 6) is 0.432. The second-order valence-electron chi connectivity index (χ2n) is 7.06. The van der Waals surface area contributed by atoms with Gasteiger partial charge in [-0.2, -0.15) is 0 Å². The molecule has 3 rings (SSSR count). The number of nitrogens with zero attached hydrogens (tertiary/aromatic N) is 2. The summed E-state index contributed by atoms with van der Waals surface area (Å²) in [4.78, 5) is 14.8. The first kappa shape index (κ1) is 20.2. The van der Waals surface area contributed by atoms with E-state index in [1.54, 1.807) is 29.2 Å². The van der Waals surface area contributed by atoms with Gasteiger partial charge in [0, 0.05) is 11.7 Å². The van der Waals surface area contributed by atoms with Crippen molar-refractivity contribution in [3.05, 3.63) is 54.1 Å². The lowest BCUT2D eigenvalue weighted by molar-refractivity contribution is -0.117. The Morgan fingerprint density at radius 1 is 1.18 bits per heavy atom. The summed E-state index contributed by atoms with van der Waals surface area (Å²) in [6.07, 6.45) is 2.77. The van der Waals surface area contributed by atoms with Crippen LogP contribution < -0.4 is 13.9 Å². The number of ether oxygens (including phenoxy) is 1. The summed E-state index contributed by atoms with van der Waals surface area (Å²) in [7, 11) is -3.62. The second-order valence-corrected chi connectivity index (χ2v) is 8.96. The van der Waals surface area contributed by atoms with Crippen LogP contribution in [-0.4, -0.2) is 39.8 Å². The van der Waals surface area contributed by atoms with Crippen LogP contribution in [0.1, 0.15) is 25.8 Å². The molecule has 2 aromatic carbocycles. The maximum atomic E-state index is 13.1. The Morgan fingerprint density at radius 2 is 1.86 bits per heavy atom. The maximum absolute atomic E-state index is 13.1. The number of carbonyl (C=O) groups is 1. The number of para-hydroxylation sites is 1. The van der Waals surface area contributed by atoms with E-state index in [0.29, 0.717) is 18.0 Å². The van der Waals surface area contributed by atoms with Crippen LogP contribution in [0.2, 0.25) is 0 Å².